The zero-order valence-corrected chi connectivity index (χ0v) is 17.8. The van der Waals surface area contributed by atoms with Crippen molar-refractivity contribution in [2.75, 3.05) is 17.7 Å². The third-order valence-electron chi connectivity index (χ3n) is 4.73. The number of hydrogen-bond donors (Lipinski definition) is 2. The van der Waals surface area contributed by atoms with Gasteiger partial charge in [-0.2, -0.15) is 0 Å². The summed E-state index contributed by atoms with van der Waals surface area (Å²) in [6.07, 6.45) is 1.43. The standard InChI is InChI=1S/C24H20N2O4S/c1-15-20(23(28)25-17-10-12-18(29-2)13-11-17)24(26-22(27)19-9-6-14-30-19)31-21(15)16-7-4-3-5-8-16/h3-14H,1-2H3,(H,25,28)(H,26,27). The first kappa shape index (κ1) is 20.4. The van der Waals surface area contributed by atoms with Crippen molar-refractivity contribution >= 4 is 33.8 Å². The molecule has 2 heterocycles. The normalized spacial score (nSPS) is 10.5. The summed E-state index contributed by atoms with van der Waals surface area (Å²) in [7, 11) is 1.58. The zero-order valence-electron chi connectivity index (χ0n) is 17.0. The highest BCUT2D eigenvalue weighted by atomic mass is 32.1. The molecule has 4 rings (SSSR count). The molecule has 0 atom stereocenters. The van der Waals surface area contributed by atoms with E-state index in [0.29, 0.717) is 22.0 Å². The Kier molecular flexibility index (Phi) is 5.86. The number of amides is 2. The first-order valence-electron chi connectivity index (χ1n) is 9.56. The van der Waals surface area contributed by atoms with E-state index >= 15 is 0 Å². The molecule has 0 saturated carbocycles. The first-order chi connectivity index (χ1) is 15.1. The molecule has 0 aliphatic rings. The molecular weight excluding hydrogens is 412 g/mol. The third kappa shape index (κ3) is 4.36. The molecular formula is C24H20N2O4S. The van der Waals surface area contributed by atoms with E-state index in [0.717, 1.165) is 16.0 Å². The van der Waals surface area contributed by atoms with Crippen LogP contribution in [0.4, 0.5) is 10.7 Å². The number of anilines is 2. The van der Waals surface area contributed by atoms with Crippen LogP contribution in [0.25, 0.3) is 10.4 Å². The number of carbonyl (C=O) groups is 2. The third-order valence-corrected chi connectivity index (χ3v) is 5.99. The molecule has 6 nitrogen and oxygen atoms in total. The summed E-state index contributed by atoms with van der Waals surface area (Å²) in [5.41, 5.74) is 2.81. The van der Waals surface area contributed by atoms with Crippen molar-refractivity contribution in [3.8, 4) is 16.2 Å². The molecule has 0 aliphatic carbocycles. The Bertz CT molecular complexity index is 1200. The SMILES string of the molecule is COc1ccc(NC(=O)c2c(NC(=O)c3ccco3)sc(-c3ccccc3)c2C)cc1. The fourth-order valence-electron chi connectivity index (χ4n) is 3.18. The highest BCUT2D eigenvalue weighted by Crippen LogP contribution is 2.40. The van der Waals surface area contributed by atoms with Crippen molar-refractivity contribution in [1.29, 1.82) is 0 Å². The molecule has 2 N–H and O–H groups in total. The lowest BCUT2D eigenvalue weighted by atomic mass is 10.1. The number of ether oxygens (including phenoxy) is 1. The molecule has 2 aromatic carbocycles. The maximum Gasteiger partial charge on any atom is 0.291 e. The molecule has 0 bridgehead atoms. The molecule has 0 radical (unpaired) electrons. The van der Waals surface area contributed by atoms with Gasteiger partial charge in [0.1, 0.15) is 10.8 Å². The van der Waals surface area contributed by atoms with E-state index in [4.69, 9.17) is 9.15 Å². The first-order valence-corrected chi connectivity index (χ1v) is 10.4. The van der Waals surface area contributed by atoms with Crippen molar-refractivity contribution in [1.82, 2.24) is 0 Å². The predicted molar refractivity (Wildman–Crippen MR) is 122 cm³/mol. The van der Waals surface area contributed by atoms with Crippen LogP contribution in [0.5, 0.6) is 5.75 Å². The molecule has 31 heavy (non-hydrogen) atoms. The maximum absolute atomic E-state index is 13.2. The summed E-state index contributed by atoms with van der Waals surface area (Å²) >= 11 is 1.36. The molecule has 0 spiro atoms. The van der Waals surface area contributed by atoms with Crippen molar-refractivity contribution in [2.45, 2.75) is 6.92 Å². The van der Waals surface area contributed by atoms with Gasteiger partial charge in [-0.05, 0) is 54.4 Å². The van der Waals surface area contributed by atoms with Crippen molar-refractivity contribution < 1.29 is 18.7 Å². The molecule has 0 aliphatic heterocycles. The van der Waals surface area contributed by atoms with Gasteiger partial charge >= 0.3 is 0 Å². The minimum atomic E-state index is -0.413. The van der Waals surface area contributed by atoms with Gasteiger partial charge in [0.25, 0.3) is 11.8 Å². The Labute approximate surface area is 183 Å². The van der Waals surface area contributed by atoms with E-state index in [1.165, 1.54) is 17.6 Å². The van der Waals surface area contributed by atoms with Crippen LogP contribution in [0.1, 0.15) is 26.5 Å². The van der Waals surface area contributed by atoms with E-state index in [2.05, 4.69) is 10.6 Å². The summed E-state index contributed by atoms with van der Waals surface area (Å²) in [6, 6.07) is 20.0. The Morgan fingerprint density at radius 2 is 1.65 bits per heavy atom. The quantitative estimate of drug-likeness (QED) is 0.402. The van der Waals surface area contributed by atoms with Crippen molar-refractivity contribution in [3.05, 3.63) is 89.9 Å². The van der Waals surface area contributed by atoms with Crippen LogP contribution < -0.4 is 15.4 Å². The van der Waals surface area contributed by atoms with Crippen LogP contribution >= 0.6 is 11.3 Å². The highest BCUT2D eigenvalue weighted by molar-refractivity contribution is 7.20. The van der Waals surface area contributed by atoms with Gasteiger partial charge in [-0.3, -0.25) is 9.59 Å². The second-order valence-corrected chi connectivity index (χ2v) is 7.76. The van der Waals surface area contributed by atoms with Gasteiger partial charge in [-0.1, -0.05) is 30.3 Å². The van der Waals surface area contributed by atoms with Crippen LogP contribution in [0.3, 0.4) is 0 Å². The number of furan rings is 1. The average molecular weight is 433 g/mol. The number of nitrogens with one attached hydrogen (secondary N) is 2. The van der Waals surface area contributed by atoms with Gasteiger partial charge < -0.3 is 19.8 Å². The van der Waals surface area contributed by atoms with E-state index < -0.39 is 5.91 Å². The minimum absolute atomic E-state index is 0.175. The summed E-state index contributed by atoms with van der Waals surface area (Å²) in [5, 5.41) is 6.20. The number of hydrogen-bond acceptors (Lipinski definition) is 5. The number of methoxy groups -OCH3 is 1. The smallest absolute Gasteiger partial charge is 0.291 e. The lowest BCUT2D eigenvalue weighted by molar-refractivity contribution is 0.0997. The molecule has 2 aromatic heterocycles. The number of thiophene rings is 1. The largest absolute Gasteiger partial charge is 0.497 e. The van der Waals surface area contributed by atoms with Crippen LogP contribution in [0, 0.1) is 6.92 Å². The Hall–Kier alpha value is -3.84. The van der Waals surface area contributed by atoms with Gasteiger partial charge in [0.05, 0.1) is 18.9 Å². The summed E-state index contributed by atoms with van der Waals surface area (Å²) in [6.45, 7) is 1.88. The molecule has 0 saturated heterocycles. The Balaban J connectivity index is 1.70. The van der Waals surface area contributed by atoms with E-state index in [9.17, 15) is 9.59 Å². The predicted octanol–water partition coefficient (Wildman–Crippen LogP) is 5.83. The number of benzene rings is 2. The topological polar surface area (TPSA) is 80.6 Å². The fraction of sp³-hybridized carbons (Fsp3) is 0.0833. The van der Waals surface area contributed by atoms with Crippen molar-refractivity contribution in [2.24, 2.45) is 0 Å². The summed E-state index contributed by atoms with van der Waals surface area (Å²) in [5.74, 6) is 0.150. The summed E-state index contributed by atoms with van der Waals surface area (Å²) in [4.78, 5) is 26.7. The van der Waals surface area contributed by atoms with Crippen LogP contribution in [0.2, 0.25) is 0 Å². The fourth-order valence-corrected chi connectivity index (χ4v) is 4.39. The molecule has 4 aromatic rings. The van der Waals surface area contributed by atoms with Crippen LogP contribution in [0.15, 0.2) is 77.4 Å². The second kappa shape index (κ2) is 8.89. The molecule has 2 amide bonds. The van der Waals surface area contributed by atoms with Crippen molar-refractivity contribution in [3.63, 3.8) is 0 Å². The lowest BCUT2D eigenvalue weighted by Crippen LogP contribution is -2.17. The average Bonchev–Trinajstić information content (AvgIpc) is 3.43. The monoisotopic (exact) mass is 432 g/mol. The molecule has 156 valence electrons. The van der Waals surface area contributed by atoms with Crippen LogP contribution in [-0.4, -0.2) is 18.9 Å². The number of rotatable bonds is 6. The molecule has 0 unspecified atom stereocenters. The highest BCUT2D eigenvalue weighted by Gasteiger charge is 2.24. The van der Waals surface area contributed by atoms with Gasteiger partial charge in [-0.25, -0.2) is 0 Å². The Morgan fingerprint density at radius 1 is 0.903 bits per heavy atom. The van der Waals surface area contributed by atoms with E-state index in [1.54, 1.807) is 43.5 Å². The van der Waals surface area contributed by atoms with Gasteiger partial charge in [0.2, 0.25) is 0 Å². The summed E-state index contributed by atoms with van der Waals surface area (Å²) < 4.78 is 10.3. The van der Waals surface area contributed by atoms with Gasteiger partial charge in [-0.15, -0.1) is 11.3 Å². The van der Waals surface area contributed by atoms with E-state index in [-0.39, 0.29) is 11.7 Å². The van der Waals surface area contributed by atoms with E-state index in [1.807, 2.05) is 37.3 Å². The zero-order chi connectivity index (χ0) is 21.8. The van der Waals surface area contributed by atoms with Crippen LogP contribution in [-0.2, 0) is 0 Å². The number of carbonyl (C=O) groups excluding carboxylic acids is 2. The maximum atomic E-state index is 13.2. The second-order valence-electron chi connectivity index (χ2n) is 6.74. The molecule has 7 heteroatoms. The minimum Gasteiger partial charge on any atom is -0.497 e. The van der Waals surface area contributed by atoms with Gasteiger partial charge in [0, 0.05) is 10.6 Å². The Morgan fingerprint density at radius 3 is 2.29 bits per heavy atom. The molecule has 0 fully saturated rings. The lowest BCUT2D eigenvalue weighted by Gasteiger charge is -2.09. The van der Waals surface area contributed by atoms with Gasteiger partial charge in [0.15, 0.2) is 5.76 Å².